The van der Waals surface area contributed by atoms with E-state index in [0.29, 0.717) is 12.1 Å². The molecule has 0 aliphatic carbocycles. The van der Waals surface area contributed by atoms with Gasteiger partial charge in [-0.25, -0.2) is 0 Å². The van der Waals surface area contributed by atoms with Crippen LogP contribution in [0.1, 0.15) is 57.4 Å². The summed E-state index contributed by atoms with van der Waals surface area (Å²) in [5, 5.41) is 5.17. The van der Waals surface area contributed by atoms with E-state index in [1.165, 1.54) is 48.0 Å². The maximum Gasteiger partial charge on any atom is 0.0485 e. The Labute approximate surface area is 218 Å². The topological polar surface area (TPSA) is 20.2 Å². The summed E-state index contributed by atoms with van der Waals surface area (Å²) in [6.07, 6.45) is 4.97. The molecular formula is C27H40Cl3N3. The van der Waals surface area contributed by atoms with E-state index in [9.17, 15) is 0 Å². The highest BCUT2D eigenvalue weighted by atomic mass is 35.5. The molecule has 2 aromatic carbocycles. The minimum Gasteiger partial charge on any atom is -0.367 e. The molecule has 1 aliphatic rings. The van der Waals surface area contributed by atoms with Crippen molar-refractivity contribution in [2.24, 2.45) is 0 Å². The van der Waals surface area contributed by atoms with Crippen molar-refractivity contribution in [3.05, 3.63) is 65.4 Å². The third-order valence-electron chi connectivity index (χ3n) is 6.44. The maximum atomic E-state index is 3.71. The SMILES string of the molecule is CC(C)N(c1cccc(CNCCc2c3n(c4ccccc24)CCCC3)c1)C(C)C.Cl.Cl.Cl. The second-order valence-electron chi connectivity index (χ2n) is 9.24. The van der Waals surface area contributed by atoms with Gasteiger partial charge in [-0.3, -0.25) is 0 Å². The fraction of sp³-hybridized carbons (Fsp3) is 0.481. The number of benzene rings is 2. The summed E-state index contributed by atoms with van der Waals surface area (Å²) < 4.78 is 2.57. The number of hydrogen-bond donors (Lipinski definition) is 1. The van der Waals surface area contributed by atoms with Gasteiger partial charge in [0.1, 0.15) is 0 Å². The van der Waals surface area contributed by atoms with Gasteiger partial charge < -0.3 is 14.8 Å². The number of rotatable bonds is 8. The van der Waals surface area contributed by atoms with Crippen LogP contribution in [0.15, 0.2) is 48.5 Å². The first-order chi connectivity index (χ1) is 14.6. The lowest BCUT2D eigenvalue weighted by atomic mass is 10.0. The number of halogens is 3. The Bertz CT molecular complexity index is 989. The lowest BCUT2D eigenvalue weighted by Gasteiger charge is -2.33. The van der Waals surface area contributed by atoms with Crippen molar-refractivity contribution in [1.82, 2.24) is 9.88 Å². The Hall–Kier alpha value is -1.39. The van der Waals surface area contributed by atoms with Crippen molar-refractivity contribution >= 4 is 53.8 Å². The summed E-state index contributed by atoms with van der Waals surface area (Å²) in [6, 6.07) is 19.0. The predicted octanol–water partition coefficient (Wildman–Crippen LogP) is 7.20. The molecule has 4 rings (SSSR count). The Morgan fingerprint density at radius 2 is 1.64 bits per heavy atom. The van der Waals surface area contributed by atoms with Crippen molar-refractivity contribution < 1.29 is 0 Å². The predicted molar refractivity (Wildman–Crippen MR) is 151 cm³/mol. The van der Waals surface area contributed by atoms with Gasteiger partial charge in [-0.1, -0.05) is 30.3 Å². The largest absolute Gasteiger partial charge is 0.367 e. The number of hydrogen-bond acceptors (Lipinski definition) is 2. The first kappa shape index (κ1) is 29.6. The Morgan fingerprint density at radius 1 is 0.909 bits per heavy atom. The Balaban J connectivity index is 0.00000181. The molecule has 184 valence electrons. The number of fused-ring (bicyclic) bond motifs is 3. The molecule has 0 radical (unpaired) electrons. The van der Waals surface area contributed by atoms with Gasteiger partial charge in [0.05, 0.1) is 0 Å². The summed E-state index contributed by atoms with van der Waals surface area (Å²) in [5.74, 6) is 0. The van der Waals surface area contributed by atoms with E-state index < -0.39 is 0 Å². The molecule has 0 saturated heterocycles. The van der Waals surface area contributed by atoms with Crippen LogP contribution in [-0.2, 0) is 25.9 Å². The molecule has 0 atom stereocenters. The molecule has 1 N–H and O–H groups in total. The summed E-state index contributed by atoms with van der Waals surface area (Å²) in [4.78, 5) is 2.49. The second-order valence-corrected chi connectivity index (χ2v) is 9.24. The van der Waals surface area contributed by atoms with Crippen molar-refractivity contribution in [2.75, 3.05) is 11.4 Å². The van der Waals surface area contributed by atoms with Gasteiger partial charge >= 0.3 is 0 Å². The van der Waals surface area contributed by atoms with Crippen LogP contribution >= 0.6 is 37.2 Å². The summed E-state index contributed by atoms with van der Waals surface area (Å²) in [7, 11) is 0. The second kappa shape index (κ2) is 13.5. The van der Waals surface area contributed by atoms with Gasteiger partial charge in [-0.05, 0) is 89.2 Å². The van der Waals surface area contributed by atoms with Crippen LogP contribution in [-0.4, -0.2) is 23.2 Å². The van der Waals surface area contributed by atoms with Crippen LogP contribution in [0.25, 0.3) is 10.9 Å². The van der Waals surface area contributed by atoms with Crippen LogP contribution in [0.2, 0.25) is 0 Å². The first-order valence-corrected chi connectivity index (χ1v) is 11.7. The van der Waals surface area contributed by atoms with Crippen LogP contribution in [0, 0.1) is 0 Å². The molecule has 0 unspecified atom stereocenters. The highest BCUT2D eigenvalue weighted by Crippen LogP contribution is 2.31. The van der Waals surface area contributed by atoms with E-state index in [1.807, 2.05) is 0 Å². The zero-order valence-electron chi connectivity index (χ0n) is 20.3. The summed E-state index contributed by atoms with van der Waals surface area (Å²) in [5.41, 5.74) is 7.26. The highest BCUT2D eigenvalue weighted by Gasteiger charge is 2.19. The van der Waals surface area contributed by atoms with Gasteiger partial charge in [0.25, 0.3) is 0 Å². The highest BCUT2D eigenvalue weighted by molar-refractivity contribution is 5.86. The van der Waals surface area contributed by atoms with Gasteiger partial charge in [0.15, 0.2) is 0 Å². The van der Waals surface area contributed by atoms with Crippen LogP contribution in [0.5, 0.6) is 0 Å². The lowest BCUT2D eigenvalue weighted by Crippen LogP contribution is -2.37. The number of aromatic nitrogens is 1. The molecule has 0 saturated carbocycles. The number of anilines is 1. The molecule has 0 spiro atoms. The number of aryl methyl sites for hydroxylation is 1. The van der Waals surface area contributed by atoms with E-state index in [4.69, 9.17) is 0 Å². The van der Waals surface area contributed by atoms with Crippen LogP contribution in [0.4, 0.5) is 5.69 Å². The smallest absolute Gasteiger partial charge is 0.0485 e. The molecule has 33 heavy (non-hydrogen) atoms. The fourth-order valence-corrected chi connectivity index (χ4v) is 5.28. The van der Waals surface area contributed by atoms with Crippen molar-refractivity contribution in [3.8, 4) is 0 Å². The number of para-hydroxylation sites is 1. The molecule has 6 heteroatoms. The molecule has 1 aromatic heterocycles. The molecule has 0 bridgehead atoms. The molecule has 3 nitrogen and oxygen atoms in total. The van der Waals surface area contributed by atoms with Gasteiger partial charge in [0.2, 0.25) is 0 Å². The first-order valence-electron chi connectivity index (χ1n) is 11.7. The molecule has 3 aromatic rings. The zero-order chi connectivity index (χ0) is 21.1. The molecular weight excluding hydrogens is 473 g/mol. The minimum absolute atomic E-state index is 0. The van der Waals surface area contributed by atoms with Crippen LogP contribution in [0.3, 0.4) is 0 Å². The van der Waals surface area contributed by atoms with Crippen molar-refractivity contribution in [2.45, 2.75) is 78.6 Å². The lowest BCUT2D eigenvalue weighted by molar-refractivity contribution is 0.539. The molecule has 0 amide bonds. The monoisotopic (exact) mass is 511 g/mol. The number of nitrogens with zero attached hydrogens (tertiary/aromatic N) is 2. The van der Waals surface area contributed by atoms with E-state index in [2.05, 4.69) is 91.0 Å². The van der Waals surface area contributed by atoms with Gasteiger partial charge in [-0.15, -0.1) is 37.2 Å². The zero-order valence-corrected chi connectivity index (χ0v) is 22.8. The minimum atomic E-state index is 0. The van der Waals surface area contributed by atoms with Gasteiger partial charge in [0, 0.05) is 47.5 Å². The van der Waals surface area contributed by atoms with E-state index >= 15 is 0 Å². The number of nitrogens with one attached hydrogen (secondary N) is 1. The molecule has 0 fully saturated rings. The molecule has 1 aliphatic heterocycles. The van der Waals surface area contributed by atoms with E-state index in [1.54, 1.807) is 11.3 Å². The van der Waals surface area contributed by atoms with Crippen molar-refractivity contribution in [1.29, 1.82) is 0 Å². The van der Waals surface area contributed by atoms with E-state index in [0.717, 1.165) is 19.5 Å². The third-order valence-corrected chi connectivity index (χ3v) is 6.44. The quantitative estimate of drug-likeness (QED) is 0.322. The summed E-state index contributed by atoms with van der Waals surface area (Å²) >= 11 is 0. The Kier molecular flexibility index (Phi) is 12.1. The Morgan fingerprint density at radius 3 is 2.36 bits per heavy atom. The third kappa shape index (κ3) is 6.60. The van der Waals surface area contributed by atoms with Gasteiger partial charge in [-0.2, -0.15) is 0 Å². The summed E-state index contributed by atoms with van der Waals surface area (Å²) in [6.45, 7) is 12.2. The average molecular weight is 513 g/mol. The molecule has 2 heterocycles. The normalized spacial score (nSPS) is 12.7. The standard InChI is InChI=1S/C27H37N3.3ClH/c1-20(2)30(21(3)4)23-11-9-10-22(18-23)19-28-16-15-25-24-12-5-6-13-26(24)29-17-8-7-14-27(25)29;;;/h5-6,9-13,18,20-21,28H,7-8,14-17,19H2,1-4H3;3*1H. The van der Waals surface area contributed by atoms with Crippen molar-refractivity contribution in [3.63, 3.8) is 0 Å². The van der Waals surface area contributed by atoms with E-state index in [-0.39, 0.29) is 37.2 Å². The maximum absolute atomic E-state index is 3.71. The fourth-order valence-electron chi connectivity index (χ4n) is 5.28. The van der Waals surface area contributed by atoms with Crippen LogP contribution < -0.4 is 10.2 Å². The average Bonchev–Trinajstić information content (AvgIpc) is 3.05.